The molecule has 0 radical (unpaired) electrons. The minimum absolute atomic E-state index is 0.140. The van der Waals surface area contributed by atoms with Gasteiger partial charge < -0.3 is 4.74 Å². The van der Waals surface area contributed by atoms with Crippen molar-refractivity contribution in [2.45, 2.75) is 45.5 Å². The second kappa shape index (κ2) is 6.14. The molecule has 1 unspecified atom stereocenters. The summed E-state index contributed by atoms with van der Waals surface area (Å²) in [5.74, 6) is 0.801. The molecular weight excluding hydrogens is 246 g/mol. The molecule has 0 saturated heterocycles. The molecule has 0 aliphatic rings. The lowest BCUT2D eigenvalue weighted by atomic mass is 10.2. The Morgan fingerprint density at radius 1 is 1.33 bits per heavy atom. The molecule has 3 nitrogen and oxygen atoms in total. The second-order valence-electron chi connectivity index (χ2n) is 5.34. The summed E-state index contributed by atoms with van der Waals surface area (Å²) in [5, 5.41) is 0. The number of nitrogens with zero attached hydrogens (tertiary/aromatic N) is 1. The van der Waals surface area contributed by atoms with Crippen LogP contribution in [0.15, 0.2) is 28.7 Å². The highest BCUT2D eigenvalue weighted by Gasteiger charge is 2.18. The Morgan fingerprint density at radius 2 is 2.00 bits per heavy atom. The highest BCUT2D eigenvalue weighted by atomic mass is 32.2. The summed E-state index contributed by atoms with van der Waals surface area (Å²) >= 11 is 0. The van der Waals surface area contributed by atoms with Crippen molar-refractivity contribution in [2.24, 2.45) is 4.40 Å². The molecule has 0 aromatic heterocycles. The average molecular weight is 267 g/mol. The molecule has 1 atom stereocenters. The summed E-state index contributed by atoms with van der Waals surface area (Å²) in [5.41, 5.74) is 0.894. The maximum Gasteiger partial charge on any atom is 0.144 e. The van der Waals surface area contributed by atoms with Crippen LogP contribution in [-0.4, -0.2) is 21.3 Å². The van der Waals surface area contributed by atoms with Crippen molar-refractivity contribution in [3.63, 3.8) is 0 Å². The quantitative estimate of drug-likeness (QED) is 0.785. The van der Waals surface area contributed by atoms with Crippen LogP contribution in [0.3, 0.4) is 0 Å². The van der Waals surface area contributed by atoms with Crippen molar-refractivity contribution in [3.05, 3.63) is 29.8 Å². The van der Waals surface area contributed by atoms with Crippen molar-refractivity contribution in [1.29, 1.82) is 0 Å². The van der Waals surface area contributed by atoms with Crippen LogP contribution in [0, 0.1) is 0 Å². The molecule has 0 N–H and O–H groups in total. The Morgan fingerprint density at radius 3 is 2.56 bits per heavy atom. The Kier molecular flexibility index (Phi) is 5.08. The first-order valence-corrected chi connectivity index (χ1v) is 7.12. The van der Waals surface area contributed by atoms with Crippen LogP contribution in [-0.2, 0) is 11.0 Å². The molecule has 0 aliphatic heterocycles. The lowest BCUT2D eigenvalue weighted by molar-refractivity contribution is 0.242. The fourth-order valence-electron chi connectivity index (χ4n) is 1.21. The standard InChI is InChI=1S/C14H21NO2S/c1-11(2)17-13-8-6-7-12(9-13)10-15-18(16)14(3,4)5/h6-11H,1-5H3. The van der Waals surface area contributed by atoms with E-state index in [1.54, 1.807) is 6.21 Å². The third-order valence-corrected chi connectivity index (χ3v) is 3.40. The van der Waals surface area contributed by atoms with E-state index >= 15 is 0 Å². The lowest BCUT2D eigenvalue weighted by Gasteiger charge is -2.13. The Balaban J connectivity index is 2.79. The maximum absolute atomic E-state index is 11.8. The van der Waals surface area contributed by atoms with Crippen molar-refractivity contribution < 1.29 is 8.95 Å². The van der Waals surface area contributed by atoms with E-state index in [0.29, 0.717) is 0 Å². The molecule has 0 amide bonds. The summed E-state index contributed by atoms with van der Waals surface area (Å²) < 4.78 is 21.1. The molecule has 18 heavy (non-hydrogen) atoms. The smallest absolute Gasteiger partial charge is 0.144 e. The lowest BCUT2D eigenvalue weighted by Crippen LogP contribution is -2.19. The van der Waals surface area contributed by atoms with Gasteiger partial charge >= 0.3 is 0 Å². The third kappa shape index (κ3) is 5.00. The molecule has 0 fully saturated rings. The molecule has 1 aromatic carbocycles. The van der Waals surface area contributed by atoms with E-state index in [4.69, 9.17) is 4.74 Å². The van der Waals surface area contributed by atoms with Crippen LogP contribution in [0.4, 0.5) is 0 Å². The Labute approximate surface area is 112 Å². The SMILES string of the molecule is CC(C)Oc1cccc(C=NS(=O)C(C)(C)C)c1. The van der Waals surface area contributed by atoms with E-state index < -0.39 is 11.0 Å². The van der Waals surface area contributed by atoms with Gasteiger partial charge in [0.1, 0.15) is 16.7 Å². The molecule has 100 valence electrons. The zero-order valence-electron chi connectivity index (χ0n) is 11.6. The van der Waals surface area contributed by atoms with Gasteiger partial charge in [0.2, 0.25) is 0 Å². The summed E-state index contributed by atoms with van der Waals surface area (Å²) in [4.78, 5) is 0. The molecule has 0 heterocycles. The molecule has 0 bridgehead atoms. The van der Waals surface area contributed by atoms with E-state index in [1.807, 2.05) is 58.9 Å². The normalized spacial score (nSPS) is 14.1. The van der Waals surface area contributed by atoms with Crippen LogP contribution in [0.1, 0.15) is 40.2 Å². The molecule has 1 rings (SSSR count). The highest BCUT2D eigenvalue weighted by Crippen LogP contribution is 2.15. The van der Waals surface area contributed by atoms with Gasteiger partial charge in [0.25, 0.3) is 0 Å². The van der Waals surface area contributed by atoms with Gasteiger partial charge in [-0.2, -0.15) is 4.40 Å². The first-order chi connectivity index (χ1) is 8.29. The average Bonchev–Trinajstić information content (AvgIpc) is 2.24. The van der Waals surface area contributed by atoms with Gasteiger partial charge in [0, 0.05) is 6.21 Å². The summed E-state index contributed by atoms with van der Waals surface area (Å²) in [7, 11) is -1.23. The van der Waals surface area contributed by atoms with Gasteiger partial charge in [-0.3, -0.25) is 0 Å². The van der Waals surface area contributed by atoms with Gasteiger partial charge in [0.15, 0.2) is 0 Å². The van der Waals surface area contributed by atoms with Crippen LogP contribution < -0.4 is 4.74 Å². The topological polar surface area (TPSA) is 38.7 Å². The van der Waals surface area contributed by atoms with Crippen LogP contribution in [0.25, 0.3) is 0 Å². The largest absolute Gasteiger partial charge is 0.491 e. The first kappa shape index (κ1) is 14.9. The molecule has 4 heteroatoms. The van der Waals surface area contributed by atoms with Gasteiger partial charge in [0.05, 0.1) is 10.9 Å². The van der Waals surface area contributed by atoms with E-state index in [1.165, 1.54) is 0 Å². The summed E-state index contributed by atoms with van der Waals surface area (Å²) in [6, 6.07) is 7.61. The molecule has 0 aliphatic carbocycles. The molecule has 0 saturated carbocycles. The number of ether oxygens (including phenoxy) is 1. The number of rotatable bonds is 4. The second-order valence-corrected chi connectivity index (χ2v) is 7.27. The Bertz CT molecular complexity index is 447. The Hall–Kier alpha value is -1.16. The first-order valence-electron chi connectivity index (χ1n) is 6.02. The fourth-order valence-corrected chi connectivity index (χ4v) is 1.74. The van der Waals surface area contributed by atoms with E-state index in [9.17, 15) is 4.21 Å². The van der Waals surface area contributed by atoms with Crippen molar-refractivity contribution in [1.82, 2.24) is 0 Å². The summed E-state index contributed by atoms with van der Waals surface area (Å²) in [6.07, 6.45) is 1.77. The van der Waals surface area contributed by atoms with Gasteiger partial charge in [-0.15, -0.1) is 0 Å². The minimum atomic E-state index is -1.23. The molecular formula is C14H21NO2S. The zero-order chi connectivity index (χ0) is 13.8. The van der Waals surface area contributed by atoms with Crippen LogP contribution in [0.2, 0.25) is 0 Å². The van der Waals surface area contributed by atoms with E-state index in [0.717, 1.165) is 11.3 Å². The third-order valence-electron chi connectivity index (χ3n) is 2.05. The number of hydrogen-bond donors (Lipinski definition) is 0. The van der Waals surface area contributed by atoms with Crippen LogP contribution in [0.5, 0.6) is 5.75 Å². The minimum Gasteiger partial charge on any atom is -0.491 e. The molecule has 0 spiro atoms. The van der Waals surface area contributed by atoms with Crippen molar-refractivity contribution >= 4 is 17.2 Å². The van der Waals surface area contributed by atoms with E-state index in [2.05, 4.69) is 4.40 Å². The summed E-state index contributed by atoms with van der Waals surface area (Å²) in [6.45, 7) is 9.67. The van der Waals surface area contributed by atoms with Crippen LogP contribution >= 0.6 is 0 Å². The predicted octanol–water partition coefficient (Wildman–Crippen LogP) is 3.35. The van der Waals surface area contributed by atoms with E-state index in [-0.39, 0.29) is 10.9 Å². The molecule has 1 aromatic rings. The number of hydrogen-bond acceptors (Lipinski definition) is 2. The maximum atomic E-state index is 11.8. The van der Waals surface area contributed by atoms with Gasteiger partial charge in [-0.1, -0.05) is 12.1 Å². The van der Waals surface area contributed by atoms with Crippen molar-refractivity contribution in [3.8, 4) is 5.75 Å². The highest BCUT2D eigenvalue weighted by molar-refractivity contribution is 7.85. The van der Waals surface area contributed by atoms with Crippen molar-refractivity contribution in [2.75, 3.05) is 0 Å². The zero-order valence-corrected chi connectivity index (χ0v) is 12.5. The monoisotopic (exact) mass is 267 g/mol. The predicted molar refractivity (Wildman–Crippen MR) is 77.7 cm³/mol. The van der Waals surface area contributed by atoms with Gasteiger partial charge in [-0.05, 0) is 52.3 Å². The number of benzene rings is 1. The van der Waals surface area contributed by atoms with Gasteiger partial charge in [-0.25, -0.2) is 4.21 Å². The fraction of sp³-hybridized carbons (Fsp3) is 0.500.